The van der Waals surface area contributed by atoms with Crippen LogP contribution in [-0.2, 0) is 0 Å². The van der Waals surface area contributed by atoms with E-state index in [1.807, 2.05) is 12.1 Å². The van der Waals surface area contributed by atoms with Gasteiger partial charge < -0.3 is 4.90 Å². The Morgan fingerprint density at radius 3 is 2.71 bits per heavy atom. The third-order valence-electron chi connectivity index (χ3n) is 3.81. The summed E-state index contributed by atoms with van der Waals surface area (Å²) in [5.74, 6) is 1.66. The standard InChI is InChI=1S/C14H20N2O/c1-11-5-7-13(8-6-11)16(2)14-12(10-17)4-3-9-15-14/h3-4,9-11,13H,5-8H2,1-2H3. The maximum Gasteiger partial charge on any atom is 0.153 e. The first-order valence-corrected chi connectivity index (χ1v) is 6.35. The molecule has 1 aromatic heterocycles. The average Bonchev–Trinajstić information content (AvgIpc) is 2.39. The number of hydrogen-bond acceptors (Lipinski definition) is 3. The van der Waals surface area contributed by atoms with Gasteiger partial charge in [0.2, 0.25) is 0 Å². The molecule has 1 saturated carbocycles. The van der Waals surface area contributed by atoms with Crippen molar-refractivity contribution in [2.45, 2.75) is 38.6 Å². The molecular weight excluding hydrogens is 212 g/mol. The van der Waals surface area contributed by atoms with Gasteiger partial charge in [-0.15, -0.1) is 0 Å². The smallest absolute Gasteiger partial charge is 0.153 e. The normalized spacial score (nSPS) is 24.4. The van der Waals surface area contributed by atoms with Crippen LogP contribution in [0.2, 0.25) is 0 Å². The van der Waals surface area contributed by atoms with E-state index < -0.39 is 0 Å². The number of hydrogen-bond donors (Lipinski definition) is 0. The summed E-state index contributed by atoms with van der Waals surface area (Å²) in [6.07, 6.45) is 7.60. The molecule has 0 atom stereocenters. The van der Waals surface area contributed by atoms with Crippen LogP contribution in [0.4, 0.5) is 5.82 Å². The van der Waals surface area contributed by atoms with Crippen LogP contribution < -0.4 is 4.90 Å². The minimum absolute atomic E-state index is 0.528. The monoisotopic (exact) mass is 232 g/mol. The Hall–Kier alpha value is -1.38. The van der Waals surface area contributed by atoms with Gasteiger partial charge in [0.15, 0.2) is 6.29 Å². The minimum Gasteiger partial charge on any atom is -0.356 e. The van der Waals surface area contributed by atoms with Crippen molar-refractivity contribution in [3.63, 3.8) is 0 Å². The van der Waals surface area contributed by atoms with Gasteiger partial charge in [-0.05, 0) is 43.7 Å². The molecule has 1 heterocycles. The van der Waals surface area contributed by atoms with Gasteiger partial charge in [0.05, 0.1) is 5.56 Å². The van der Waals surface area contributed by atoms with Gasteiger partial charge >= 0.3 is 0 Å². The van der Waals surface area contributed by atoms with E-state index in [4.69, 9.17) is 0 Å². The molecule has 2 rings (SSSR count). The number of anilines is 1. The van der Waals surface area contributed by atoms with E-state index in [1.165, 1.54) is 25.7 Å². The highest BCUT2D eigenvalue weighted by molar-refractivity contribution is 5.82. The first kappa shape index (κ1) is 12.1. The molecular formula is C14H20N2O. The number of aldehydes is 1. The third-order valence-corrected chi connectivity index (χ3v) is 3.81. The van der Waals surface area contributed by atoms with E-state index in [0.29, 0.717) is 11.6 Å². The lowest BCUT2D eigenvalue weighted by Crippen LogP contribution is -2.35. The molecule has 0 amide bonds. The second kappa shape index (κ2) is 5.30. The van der Waals surface area contributed by atoms with E-state index in [9.17, 15) is 4.79 Å². The molecule has 0 radical (unpaired) electrons. The molecule has 1 aliphatic carbocycles. The fraction of sp³-hybridized carbons (Fsp3) is 0.571. The van der Waals surface area contributed by atoms with E-state index in [1.54, 1.807) is 6.20 Å². The molecule has 0 saturated heterocycles. The number of carbonyl (C=O) groups is 1. The molecule has 1 aromatic rings. The number of rotatable bonds is 3. The molecule has 3 nitrogen and oxygen atoms in total. The first-order chi connectivity index (χ1) is 8.22. The molecule has 0 unspecified atom stereocenters. The molecule has 0 aromatic carbocycles. The largest absolute Gasteiger partial charge is 0.356 e. The van der Waals surface area contributed by atoms with Crippen molar-refractivity contribution in [1.82, 2.24) is 4.98 Å². The average molecular weight is 232 g/mol. The number of nitrogens with zero attached hydrogens (tertiary/aromatic N) is 2. The molecule has 0 N–H and O–H groups in total. The van der Waals surface area contributed by atoms with Crippen molar-refractivity contribution in [2.24, 2.45) is 5.92 Å². The van der Waals surface area contributed by atoms with Crippen LogP contribution in [0, 0.1) is 5.92 Å². The summed E-state index contributed by atoms with van der Waals surface area (Å²) < 4.78 is 0. The Labute approximate surface area is 103 Å². The maximum absolute atomic E-state index is 11.0. The highest BCUT2D eigenvalue weighted by Gasteiger charge is 2.23. The first-order valence-electron chi connectivity index (χ1n) is 6.35. The summed E-state index contributed by atoms with van der Waals surface area (Å²) in [6.45, 7) is 2.31. The Morgan fingerprint density at radius 2 is 2.06 bits per heavy atom. The van der Waals surface area contributed by atoms with Crippen molar-refractivity contribution >= 4 is 12.1 Å². The third kappa shape index (κ3) is 2.65. The quantitative estimate of drug-likeness (QED) is 0.751. The summed E-state index contributed by atoms with van der Waals surface area (Å²) in [4.78, 5) is 17.5. The van der Waals surface area contributed by atoms with Crippen molar-refractivity contribution in [2.75, 3.05) is 11.9 Å². The van der Waals surface area contributed by atoms with Crippen LogP contribution >= 0.6 is 0 Å². The topological polar surface area (TPSA) is 33.2 Å². The summed E-state index contributed by atoms with van der Waals surface area (Å²) in [6, 6.07) is 4.17. The molecule has 0 aliphatic heterocycles. The van der Waals surface area contributed by atoms with Gasteiger partial charge in [-0.1, -0.05) is 6.92 Å². The molecule has 3 heteroatoms. The van der Waals surface area contributed by atoms with Crippen molar-refractivity contribution in [1.29, 1.82) is 0 Å². The highest BCUT2D eigenvalue weighted by Crippen LogP contribution is 2.29. The van der Waals surface area contributed by atoms with Gasteiger partial charge in [-0.3, -0.25) is 4.79 Å². The lowest BCUT2D eigenvalue weighted by molar-refractivity contribution is 0.112. The predicted molar refractivity (Wildman–Crippen MR) is 69.4 cm³/mol. The molecule has 1 aliphatic rings. The summed E-state index contributed by atoms with van der Waals surface area (Å²) in [7, 11) is 2.05. The molecule has 0 bridgehead atoms. The Balaban J connectivity index is 2.13. The Bertz CT molecular complexity index is 384. The zero-order valence-corrected chi connectivity index (χ0v) is 10.6. The van der Waals surface area contributed by atoms with Crippen LogP contribution in [-0.4, -0.2) is 24.4 Å². The van der Waals surface area contributed by atoms with Gasteiger partial charge in [0, 0.05) is 19.3 Å². The molecule has 1 fully saturated rings. The highest BCUT2D eigenvalue weighted by atomic mass is 16.1. The number of carbonyl (C=O) groups excluding carboxylic acids is 1. The lowest BCUT2D eigenvalue weighted by atomic mass is 9.86. The second-order valence-corrected chi connectivity index (χ2v) is 5.06. The van der Waals surface area contributed by atoms with Gasteiger partial charge in [0.1, 0.15) is 5.82 Å². The molecule has 0 spiro atoms. The zero-order valence-electron chi connectivity index (χ0n) is 10.6. The van der Waals surface area contributed by atoms with Crippen LogP contribution in [0.5, 0.6) is 0 Å². The minimum atomic E-state index is 0.528. The van der Waals surface area contributed by atoms with Crippen LogP contribution in [0.15, 0.2) is 18.3 Å². The Kier molecular flexibility index (Phi) is 3.77. The second-order valence-electron chi connectivity index (χ2n) is 5.06. The summed E-state index contributed by atoms with van der Waals surface area (Å²) in [5, 5.41) is 0. The van der Waals surface area contributed by atoms with E-state index in [0.717, 1.165) is 18.0 Å². The summed E-state index contributed by atoms with van der Waals surface area (Å²) in [5.41, 5.74) is 0.689. The molecule has 92 valence electrons. The predicted octanol–water partition coefficient (Wildman–Crippen LogP) is 2.91. The van der Waals surface area contributed by atoms with E-state index >= 15 is 0 Å². The van der Waals surface area contributed by atoms with E-state index in [-0.39, 0.29) is 0 Å². The SMILES string of the molecule is CC1CCC(N(C)c2ncccc2C=O)CC1. The van der Waals surface area contributed by atoms with Gasteiger partial charge in [-0.2, -0.15) is 0 Å². The van der Waals surface area contributed by atoms with Crippen LogP contribution in [0.25, 0.3) is 0 Å². The van der Waals surface area contributed by atoms with Gasteiger partial charge in [-0.25, -0.2) is 4.98 Å². The van der Waals surface area contributed by atoms with Crippen molar-refractivity contribution in [3.05, 3.63) is 23.9 Å². The van der Waals surface area contributed by atoms with Crippen LogP contribution in [0.3, 0.4) is 0 Å². The Morgan fingerprint density at radius 1 is 1.35 bits per heavy atom. The maximum atomic E-state index is 11.0. The lowest BCUT2D eigenvalue weighted by Gasteiger charge is -2.34. The van der Waals surface area contributed by atoms with Crippen LogP contribution in [0.1, 0.15) is 43.0 Å². The fourth-order valence-electron chi connectivity index (χ4n) is 2.60. The molecule has 17 heavy (non-hydrogen) atoms. The number of aromatic nitrogens is 1. The fourth-order valence-corrected chi connectivity index (χ4v) is 2.60. The van der Waals surface area contributed by atoms with Crippen molar-refractivity contribution in [3.8, 4) is 0 Å². The van der Waals surface area contributed by atoms with Crippen molar-refractivity contribution < 1.29 is 4.79 Å². The number of pyridine rings is 1. The zero-order chi connectivity index (χ0) is 12.3. The van der Waals surface area contributed by atoms with E-state index in [2.05, 4.69) is 23.9 Å². The summed E-state index contributed by atoms with van der Waals surface area (Å²) >= 11 is 0. The van der Waals surface area contributed by atoms with Gasteiger partial charge in [0.25, 0.3) is 0 Å².